The van der Waals surface area contributed by atoms with Crippen molar-refractivity contribution in [1.82, 2.24) is 8.87 Å². The lowest BCUT2D eigenvalue weighted by atomic mass is 9.98. The zero-order chi connectivity index (χ0) is 23.9. The Morgan fingerprint density at radius 1 is 1.12 bits per heavy atom. The summed E-state index contributed by atoms with van der Waals surface area (Å²) in [5, 5.41) is 0. The van der Waals surface area contributed by atoms with Gasteiger partial charge in [-0.3, -0.25) is 4.79 Å². The number of hydrogen-bond donors (Lipinski definition) is 0. The molecular formula is C24H31N3O5S. The van der Waals surface area contributed by atoms with Crippen molar-refractivity contribution in [2.75, 3.05) is 31.1 Å². The molecule has 1 unspecified atom stereocenters. The molecule has 9 heteroatoms. The molecular weight excluding hydrogens is 442 g/mol. The fourth-order valence-electron chi connectivity index (χ4n) is 4.96. The maximum absolute atomic E-state index is 13.8. The summed E-state index contributed by atoms with van der Waals surface area (Å²) in [6.45, 7) is 6.29. The summed E-state index contributed by atoms with van der Waals surface area (Å²) < 4.78 is 35.8. The Balaban J connectivity index is 1.63. The highest BCUT2D eigenvalue weighted by Crippen LogP contribution is 2.34. The number of benzene rings is 1. The van der Waals surface area contributed by atoms with Gasteiger partial charge in [0.15, 0.2) is 0 Å². The zero-order valence-electron chi connectivity index (χ0n) is 19.6. The highest BCUT2D eigenvalue weighted by atomic mass is 32.2. The molecule has 0 radical (unpaired) electrons. The molecule has 1 aromatic carbocycles. The van der Waals surface area contributed by atoms with E-state index in [1.165, 1.54) is 4.31 Å². The molecule has 0 spiro atoms. The maximum Gasteiger partial charge on any atom is 0.341 e. The van der Waals surface area contributed by atoms with Crippen LogP contribution in [0.25, 0.3) is 0 Å². The molecule has 0 bridgehead atoms. The number of esters is 1. The Hall–Kier alpha value is -2.65. The minimum absolute atomic E-state index is 0.0134. The number of carbonyl (C=O) groups is 2. The van der Waals surface area contributed by atoms with Gasteiger partial charge in [-0.15, -0.1) is 0 Å². The first-order chi connectivity index (χ1) is 15.7. The van der Waals surface area contributed by atoms with Gasteiger partial charge in [0.2, 0.25) is 15.9 Å². The van der Waals surface area contributed by atoms with Crippen molar-refractivity contribution in [1.29, 1.82) is 0 Å². The lowest BCUT2D eigenvalue weighted by Crippen LogP contribution is -2.46. The number of nitrogens with zero attached hydrogens (tertiary/aromatic N) is 3. The van der Waals surface area contributed by atoms with E-state index in [0.717, 1.165) is 17.7 Å². The van der Waals surface area contributed by atoms with Gasteiger partial charge >= 0.3 is 5.97 Å². The highest BCUT2D eigenvalue weighted by Gasteiger charge is 2.40. The Kier molecular flexibility index (Phi) is 6.37. The molecule has 1 atom stereocenters. The number of para-hydroxylation sites is 1. The van der Waals surface area contributed by atoms with Crippen LogP contribution in [0.2, 0.25) is 0 Å². The lowest BCUT2D eigenvalue weighted by Gasteiger charge is -2.33. The molecule has 4 rings (SSSR count). The topological polar surface area (TPSA) is 88.9 Å². The van der Waals surface area contributed by atoms with Gasteiger partial charge in [-0.2, -0.15) is 4.31 Å². The molecule has 2 aliphatic rings. The van der Waals surface area contributed by atoms with Crippen LogP contribution in [0.3, 0.4) is 0 Å². The molecule has 33 heavy (non-hydrogen) atoms. The summed E-state index contributed by atoms with van der Waals surface area (Å²) in [6.07, 6.45) is 2.04. The zero-order valence-corrected chi connectivity index (χ0v) is 20.4. The molecule has 2 aliphatic heterocycles. The quantitative estimate of drug-likeness (QED) is 0.623. The number of fused-ring (bicyclic) bond motifs is 1. The third-order valence-electron chi connectivity index (χ3n) is 6.89. The standard InChI is InChI=1S/C24H31N3O5S/c1-5-32-24(29)21-16(2)25(4)17(3)22(21)33(30,31)26-13-8-10-19(15-26)23(28)27-14-12-18-9-6-7-11-20(18)27/h6-7,9,11,19H,5,8,10,12-15H2,1-4H3. The fraction of sp³-hybridized carbons (Fsp3) is 0.500. The average molecular weight is 474 g/mol. The SMILES string of the molecule is CCOC(=O)c1c(S(=O)(=O)N2CCCC(C(=O)N3CCc4ccccc43)C2)c(C)n(C)c1C. The van der Waals surface area contributed by atoms with E-state index >= 15 is 0 Å². The van der Waals surface area contributed by atoms with Crippen molar-refractivity contribution in [2.45, 2.75) is 44.9 Å². The van der Waals surface area contributed by atoms with E-state index in [2.05, 4.69) is 0 Å². The minimum Gasteiger partial charge on any atom is -0.462 e. The highest BCUT2D eigenvalue weighted by molar-refractivity contribution is 7.89. The Bertz CT molecular complexity index is 1200. The Morgan fingerprint density at radius 3 is 2.58 bits per heavy atom. The lowest BCUT2D eigenvalue weighted by molar-refractivity contribution is -0.123. The summed E-state index contributed by atoms with van der Waals surface area (Å²) in [5.41, 5.74) is 3.17. The van der Waals surface area contributed by atoms with E-state index in [1.807, 2.05) is 24.3 Å². The first-order valence-corrected chi connectivity index (χ1v) is 12.8. The van der Waals surface area contributed by atoms with Gasteiger partial charge in [0.05, 0.1) is 12.5 Å². The third-order valence-corrected chi connectivity index (χ3v) is 8.91. The van der Waals surface area contributed by atoms with Crippen molar-refractivity contribution in [2.24, 2.45) is 13.0 Å². The predicted molar refractivity (Wildman–Crippen MR) is 125 cm³/mol. The number of sulfonamides is 1. The van der Waals surface area contributed by atoms with E-state index < -0.39 is 21.9 Å². The molecule has 0 aliphatic carbocycles. The predicted octanol–water partition coefficient (Wildman–Crippen LogP) is 2.81. The minimum atomic E-state index is -4.00. The third kappa shape index (κ3) is 3.97. The van der Waals surface area contributed by atoms with Crippen molar-refractivity contribution in [3.63, 3.8) is 0 Å². The summed E-state index contributed by atoms with van der Waals surface area (Å²) in [6, 6.07) is 7.85. The van der Waals surface area contributed by atoms with Gasteiger partial charge < -0.3 is 14.2 Å². The van der Waals surface area contributed by atoms with Crippen LogP contribution in [0.5, 0.6) is 0 Å². The van der Waals surface area contributed by atoms with Gasteiger partial charge in [0.25, 0.3) is 0 Å². The summed E-state index contributed by atoms with van der Waals surface area (Å²) in [7, 11) is -2.26. The molecule has 3 heterocycles. The summed E-state index contributed by atoms with van der Waals surface area (Å²) >= 11 is 0. The fourth-order valence-corrected chi connectivity index (χ4v) is 6.96. The van der Waals surface area contributed by atoms with E-state index in [0.29, 0.717) is 37.3 Å². The van der Waals surface area contributed by atoms with Crippen molar-refractivity contribution in [3.05, 3.63) is 46.8 Å². The molecule has 178 valence electrons. The van der Waals surface area contributed by atoms with E-state index in [9.17, 15) is 18.0 Å². The van der Waals surface area contributed by atoms with Gasteiger partial charge in [-0.1, -0.05) is 18.2 Å². The monoisotopic (exact) mass is 473 g/mol. The van der Waals surface area contributed by atoms with Gasteiger partial charge in [-0.05, 0) is 51.7 Å². The van der Waals surface area contributed by atoms with E-state index in [1.54, 1.807) is 37.3 Å². The molecule has 1 saturated heterocycles. The Labute approximate surface area is 195 Å². The second-order valence-corrected chi connectivity index (χ2v) is 10.6. The van der Waals surface area contributed by atoms with E-state index in [4.69, 9.17) is 4.74 Å². The molecule has 1 aromatic heterocycles. The van der Waals surface area contributed by atoms with Crippen LogP contribution in [0.15, 0.2) is 29.2 Å². The number of anilines is 1. The second kappa shape index (κ2) is 8.95. The molecule has 2 aromatic rings. The van der Waals surface area contributed by atoms with Crippen LogP contribution < -0.4 is 4.90 Å². The van der Waals surface area contributed by atoms with Crippen molar-refractivity contribution < 1.29 is 22.7 Å². The number of hydrogen-bond acceptors (Lipinski definition) is 5. The normalized spacial score (nSPS) is 18.9. The summed E-state index contributed by atoms with van der Waals surface area (Å²) in [5.74, 6) is -1.10. The average Bonchev–Trinajstić information content (AvgIpc) is 3.34. The molecule has 1 amide bonds. The number of aromatic nitrogens is 1. The van der Waals surface area contributed by atoms with Gasteiger partial charge in [-0.25, -0.2) is 13.2 Å². The van der Waals surface area contributed by atoms with Crippen molar-refractivity contribution >= 4 is 27.6 Å². The first-order valence-electron chi connectivity index (χ1n) is 11.4. The van der Waals surface area contributed by atoms with Crippen LogP contribution in [0.4, 0.5) is 5.69 Å². The molecule has 0 N–H and O–H groups in total. The number of rotatable bonds is 5. The van der Waals surface area contributed by atoms with Gasteiger partial charge in [0, 0.05) is 43.8 Å². The smallest absolute Gasteiger partial charge is 0.341 e. The molecule has 0 saturated carbocycles. The second-order valence-electron chi connectivity index (χ2n) is 8.73. The van der Waals surface area contributed by atoms with Crippen LogP contribution in [-0.2, 0) is 33.0 Å². The van der Waals surface area contributed by atoms with Crippen LogP contribution in [0, 0.1) is 19.8 Å². The summed E-state index contributed by atoms with van der Waals surface area (Å²) in [4.78, 5) is 27.8. The van der Waals surface area contributed by atoms with E-state index in [-0.39, 0.29) is 29.5 Å². The van der Waals surface area contributed by atoms with Crippen molar-refractivity contribution in [3.8, 4) is 0 Å². The first kappa shape index (κ1) is 23.5. The Morgan fingerprint density at radius 2 is 1.85 bits per heavy atom. The number of carbonyl (C=O) groups excluding carboxylic acids is 2. The van der Waals surface area contributed by atoms with Gasteiger partial charge in [0.1, 0.15) is 10.5 Å². The number of amides is 1. The van der Waals surface area contributed by atoms with Crippen LogP contribution in [-0.4, -0.2) is 55.4 Å². The number of ether oxygens (including phenoxy) is 1. The molecule has 8 nitrogen and oxygen atoms in total. The maximum atomic E-state index is 13.8. The van der Waals surface area contributed by atoms with Crippen LogP contribution in [0.1, 0.15) is 47.1 Å². The number of piperidine rings is 1. The largest absolute Gasteiger partial charge is 0.462 e. The molecule has 1 fully saturated rings. The van der Waals surface area contributed by atoms with Crippen LogP contribution >= 0.6 is 0 Å².